The van der Waals surface area contributed by atoms with Crippen LogP contribution < -0.4 is 0 Å². The number of nitrogens with zero attached hydrogens (tertiary/aromatic N) is 3. The molecule has 0 saturated heterocycles. The molecule has 0 unspecified atom stereocenters. The average molecular weight is 228 g/mol. The summed E-state index contributed by atoms with van der Waals surface area (Å²) in [4.78, 5) is 4.02. The molecule has 0 spiro atoms. The highest BCUT2D eigenvalue weighted by molar-refractivity contribution is 6.30. The summed E-state index contributed by atoms with van der Waals surface area (Å²) in [6.45, 7) is 0. The molecular weight excluding hydrogens is 221 g/mol. The van der Waals surface area contributed by atoms with Crippen molar-refractivity contribution in [3.63, 3.8) is 0 Å². The smallest absolute Gasteiger partial charge is 0.147 e. The fraction of sp³-hybridized carbons (Fsp3) is 0.111. The molecule has 1 aromatic carbocycles. The molecule has 72 valence electrons. The Labute approximate surface area is 91.3 Å². The summed E-state index contributed by atoms with van der Waals surface area (Å²) in [7, 11) is 0. The molecule has 0 fully saturated rings. The topological polar surface area (TPSA) is 30.7 Å². The molecule has 1 aromatic heterocycles. The van der Waals surface area contributed by atoms with E-state index in [0.29, 0.717) is 16.7 Å². The van der Waals surface area contributed by atoms with Crippen LogP contribution in [0.15, 0.2) is 30.6 Å². The molecule has 3 nitrogen and oxygen atoms in total. The highest BCUT2D eigenvalue weighted by atomic mass is 35.5. The zero-order chi connectivity index (χ0) is 9.97. The summed E-state index contributed by atoms with van der Waals surface area (Å²) < 4.78 is 1.68. The van der Waals surface area contributed by atoms with E-state index in [0.717, 1.165) is 5.69 Å². The Balaban J connectivity index is 2.44. The zero-order valence-corrected chi connectivity index (χ0v) is 8.70. The minimum atomic E-state index is 0.336. The largest absolute Gasteiger partial charge is 0.218 e. The van der Waals surface area contributed by atoms with Gasteiger partial charge in [-0.25, -0.2) is 9.67 Å². The van der Waals surface area contributed by atoms with E-state index in [1.165, 1.54) is 6.33 Å². The molecule has 14 heavy (non-hydrogen) atoms. The maximum Gasteiger partial charge on any atom is 0.147 e. The molecule has 0 N–H and O–H groups in total. The van der Waals surface area contributed by atoms with E-state index in [1.807, 2.05) is 12.1 Å². The van der Waals surface area contributed by atoms with Gasteiger partial charge in [-0.3, -0.25) is 0 Å². The SMILES string of the molecule is ClCc1ncnn1-c1ccc(Cl)cc1. The normalized spacial score (nSPS) is 10.4. The van der Waals surface area contributed by atoms with Gasteiger partial charge in [0.15, 0.2) is 0 Å². The van der Waals surface area contributed by atoms with Gasteiger partial charge in [-0.05, 0) is 24.3 Å². The molecule has 0 amide bonds. The van der Waals surface area contributed by atoms with E-state index in [9.17, 15) is 0 Å². The first-order valence-electron chi connectivity index (χ1n) is 4.02. The lowest BCUT2D eigenvalue weighted by atomic mass is 10.3. The van der Waals surface area contributed by atoms with Crippen molar-refractivity contribution >= 4 is 23.2 Å². The molecular formula is C9H7Cl2N3. The fourth-order valence-electron chi connectivity index (χ4n) is 1.15. The molecule has 5 heteroatoms. The van der Waals surface area contributed by atoms with Crippen molar-refractivity contribution in [1.82, 2.24) is 14.8 Å². The molecule has 0 bridgehead atoms. The van der Waals surface area contributed by atoms with Crippen molar-refractivity contribution < 1.29 is 0 Å². The van der Waals surface area contributed by atoms with Gasteiger partial charge in [0, 0.05) is 5.02 Å². The van der Waals surface area contributed by atoms with E-state index in [2.05, 4.69) is 10.1 Å². The van der Waals surface area contributed by atoms with Crippen LogP contribution in [0.1, 0.15) is 5.82 Å². The Bertz CT molecular complexity index is 422. The Morgan fingerprint density at radius 2 is 1.93 bits per heavy atom. The second-order valence-corrected chi connectivity index (χ2v) is 3.40. The van der Waals surface area contributed by atoms with Crippen molar-refractivity contribution in [2.24, 2.45) is 0 Å². The van der Waals surface area contributed by atoms with Gasteiger partial charge in [0.1, 0.15) is 12.2 Å². The lowest BCUT2D eigenvalue weighted by Crippen LogP contribution is -2.00. The molecule has 0 aliphatic heterocycles. The van der Waals surface area contributed by atoms with Gasteiger partial charge in [0.25, 0.3) is 0 Å². The van der Waals surface area contributed by atoms with Crippen molar-refractivity contribution in [2.75, 3.05) is 0 Å². The van der Waals surface area contributed by atoms with Gasteiger partial charge in [-0.1, -0.05) is 11.6 Å². The van der Waals surface area contributed by atoms with Gasteiger partial charge >= 0.3 is 0 Å². The monoisotopic (exact) mass is 227 g/mol. The van der Waals surface area contributed by atoms with E-state index >= 15 is 0 Å². The van der Waals surface area contributed by atoms with Crippen molar-refractivity contribution in [3.05, 3.63) is 41.4 Å². The lowest BCUT2D eigenvalue weighted by Gasteiger charge is -2.02. The first-order chi connectivity index (χ1) is 6.81. The Kier molecular flexibility index (Phi) is 2.70. The van der Waals surface area contributed by atoms with Crippen LogP contribution in [0.5, 0.6) is 0 Å². The number of benzene rings is 1. The first-order valence-corrected chi connectivity index (χ1v) is 4.93. The maximum atomic E-state index is 5.78. The fourth-order valence-corrected chi connectivity index (χ4v) is 1.46. The summed E-state index contributed by atoms with van der Waals surface area (Å²) in [6.07, 6.45) is 1.48. The summed E-state index contributed by atoms with van der Waals surface area (Å²) in [5.41, 5.74) is 0.905. The number of hydrogen-bond donors (Lipinski definition) is 0. The van der Waals surface area contributed by atoms with Crippen LogP contribution in [0, 0.1) is 0 Å². The van der Waals surface area contributed by atoms with Crippen molar-refractivity contribution in [2.45, 2.75) is 5.88 Å². The molecule has 0 aliphatic carbocycles. The second kappa shape index (κ2) is 3.98. The summed E-state index contributed by atoms with van der Waals surface area (Å²) >= 11 is 11.5. The van der Waals surface area contributed by atoms with Crippen LogP contribution >= 0.6 is 23.2 Å². The first kappa shape index (κ1) is 9.49. The Morgan fingerprint density at radius 1 is 1.21 bits per heavy atom. The quantitative estimate of drug-likeness (QED) is 0.739. The highest BCUT2D eigenvalue weighted by Gasteiger charge is 2.04. The van der Waals surface area contributed by atoms with E-state index < -0.39 is 0 Å². The molecule has 0 radical (unpaired) electrons. The van der Waals surface area contributed by atoms with Gasteiger partial charge in [-0.15, -0.1) is 11.6 Å². The molecule has 2 rings (SSSR count). The predicted molar refractivity (Wildman–Crippen MR) is 55.9 cm³/mol. The van der Waals surface area contributed by atoms with E-state index in [4.69, 9.17) is 23.2 Å². The minimum Gasteiger partial charge on any atom is -0.218 e. The summed E-state index contributed by atoms with van der Waals surface area (Å²) in [5, 5.41) is 4.76. The molecule has 2 aromatic rings. The van der Waals surface area contributed by atoms with Crippen molar-refractivity contribution in [3.8, 4) is 5.69 Å². The number of alkyl halides is 1. The third kappa shape index (κ3) is 1.74. The van der Waals surface area contributed by atoms with Crippen LogP contribution in [0.4, 0.5) is 0 Å². The third-order valence-electron chi connectivity index (χ3n) is 1.81. The predicted octanol–water partition coefficient (Wildman–Crippen LogP) is 2.66. The molecule has 1 heterocycles. The molecule has 0 saturated carbocycles. The van der Waals surface area contributed by atoms with Crippen LogP contribution in [0.3, 0.4) is 0 Å². The van der Waals surface area contributed by atoms with Gasteiger partial charge in [-0.2, -0.15) is 5.10 Å². The molecule has 0 aliphatic rings. The number of halogens is 2. The number of hydrogen-bond acceptors (Lipinski definition) is 2. The van der Waals surface area contributed by atoms with Gasteiger partial charge in [0.2, 0.25) is 0 Å². The Morgan fingerprint density at radius 3 is 2.57 bits per heavy atom. The van der Waals surface area contributed by atoms with Crippen LogP contribution in [-0.4, -0.2) is 14.8 Å². The van der Waals surface area contributed by atoms with E-state index in [1.54, 1.807) is 16.8 Å². The van der Waals surface area contributed by atoms with Crippen LogP contribution in [0.25, 0.3) is 5.69 Å². The summed E-state index contributed by atoms with van der Waals surface area (Å²) in [6, 6.07) is 7.34. The van der Waals surface area contributed by atoms with Gasteiger partial charge < -0.3 is 0 Å². The Hall–Kier alpha value is -1.06. The molecule has 0 atom stereocenters. The number of rotatable bonds is 2. The number of aromatic nitrogens is 3. The second-order valence-electron chi connectivity index (χ2n) is 2.70. The zero-order valence-electron chi connectivity index (χ0n) is 7.19. The van der Waals surface area contributed by atoms with E-state index in [-0.39, 0.29) is 0 Å². The highest BCUT2D eigenvalue weighted by Crippen LogP contribution is 2.14. The maximum absolute atomic E-state index is 5.78. The van der Waals surface area contributed by atoms with Gasteiger partial charge in [0.05, 0.1) is 11.6 Å². The lowest BCUT2D eigenvalue weighted by molar-refractivity contribution is 0.832. The average Bonchev–Trinajstić information content (AvgIpc) is 2.67. The van der Waals surface area contributed by atoms with Crippen LogP contribution in [0.2, 0.25) is 5.02 Å². The standard InChI is InChI=1S/C9H7Cl2N3/c10-5-9-12-6-13-14(9)8-3-1-7(11)2-4-8/h1-4,6H,5H2. The van der Waals surface area contributed by atoms with Crippen molar-refractivity contribution in [1.29, 1.82) is 0 Å². The van der Waals surface area contributed by atoms with Crippen LogP contribution in [-0.2, 0) is 5.88 Å². The minimum absolute atomic E-state index is 0.336. The third-order valence-corrected chi connectivity index (χ3v) is 2.30. The summed E-state index contributed by atoms with van der Waals surface area (Å²) in [5.74, 6) is 1.05.